The van der Waals surface area contributed by atoms with E-state index in [-0.39, 0.29) is 11.9 Å². The average molecular weight is 410 g/mol. The maximum Gasteiger partial charge on any atom is 0.241 e. The Morgan fingerprint density at radius 1 is 1.05 bits per heavy atom. The van der Waals surface area contributed by atoms with Gasteiger partial charge in [-0.25, -0.2) is 0 Å². The van der Waals surface area contributed by atoms with E-state index in [4.69, 9.17) is 0 Å². The second kappa shape index (κ2) is 6.30. The van der Waals surface area contributed by atoms with Gasteiger partial charge in [-0.1, -0.05) is 30.3 Å². The van der Waals surface area contributed by atoms with E-state index in [9.17, 15) is 4.79 Å². The molecule has 0 saturated carbocycles. The number of hydrogen-bond donors (Lipinski definition) is 2. The lowest BCUT2D eigenvalue weighted by molar-refractivity contribution is -0.118. The van der Waals surface area contributed by atoms with Crippen molar-refractivity contribution in [2.24, 2.45) is 0 Å². The number of fused-ring (bicyclic) bond motifs is 1. The third-order valence-corrected chi connectivity index (χ3v) is 4.93. The molecule has 0 aromatic heterocycles. The second-order valence-corrected chi connectivity index (χ2v) is 6.70. The highest BCUT2D eigenvalue weighted by atomic mass is 79.9. The van der Waals surface area contributed by atoms with Gasteiger partial charge in [0.1, 0.15) is 0 Å². The molecule has 1 atom stereocenters. The topological polar surface area (TPSA) is 41.1 Å². The van der Waals surface area contributed by atoms with Crippen LogP contribution < -0.4 is 10.6 Å². The molecular formula is C16H14Br2N2O. The molecule has 5 heteroatoms. The molecule has 0 bridgehead atoms. The van der Waals surface area contributed by atoms with Crippen molar-refractivity contribution < 1.29 is 4.79 Å². The molecule has 0 aliphatic carbocycles. The van der Waals surface area contributed by atoms with E-state index in [1.54, 1.807) is 0 Å². The first-order chi connectivity index (χ1) is 10.1. The number of anilines is 1. The first-order valence-electron chi connectivity index (χ1n) is 6.70. The third-order valence-electron chi connectivity index (χ3n) is 3.61. The molecule has 1 heterocycles. The molecule has 1 aliphatic heterocycles. The molecule has 1 aliphatic rings. The number of carbonyl (C=O) groups excluding carboxylic acids is 1. The van der Waals surface area contributed by atoms with Crippen LogP contribution in [0, 0.1) is 0 Å². The molecule has 0 unspecified atom stereocenters. The highest BCUT2D eigenvalue weighted by molar-refractivity contribution is 9.11. The molecule has 2 aromatic rings. The molecule has 108 valence electrons. The van der Waals surface area contributed by atoms with Crippen molar-refractivity contribution in [3.63, 3.8) is 0 Å². The van der Waals surface area contributed by atoms with Crippen LogP contribution in [0.3, 0.4) is 0 Å². The number of rotatable bonds is 2. The lowest BCUT2D eigenvalue weighted by atomic mass is 9.95. The van der Waals surface area contributed by atoms with Gasteiger partial charge in [0.05, 0.1) is 11.7 Å². The Morgan fingerprint density at radius 3 is 2.43 bits per heavy atom. The second-order valence-electron chi connectivity index (χ2n) is 4.99. The largest absolute Gasteiger partial charge is 0.323 e. The molecule has 2 N–H and O–H groups in total. The summed E-state index contributed by atoms with van der Waals surface area (Å²) in [6.45, 7) is 0.728. The minimum Gasteiger partial charge on any atom is -0.323 e. The van der Waals surface area contributed by atoms with Crippen LogP contribution in [-0.2, 0) is 17.8 Å². The van der Waals surface area contributed by atoms with E-state index in [1.807, 2.05) is 30.3 Å². The lowest BCUT2D eigenvalue weighted by Crippen LogP contribution is -2.44. The summed E-state index contributed by atoms with van der Waals surface area (Å²) in [5, 5.41) is 6.28. The van der Waals surface area contributed by atoms with Crippen LogP contribution in [0.5, 0.6) is 0 Å². The van der Waals surface area contributed by atoms with Crippen molar-refractivity contribution in [1.82, 2.24) is 5.32 Å². The summed E-state index contributed by atoms with van der Waals surface area (Å²) in [4.78, 5) is 12.5. The lowest BCUT2D eigenvalue weighted by Gasteiger charge is -2.25. The summed E-state index contributed by atoms with van der Waals surface area (Å²) < 4.78 is 1.72. The fourth-order valence-electron chi connectivity index (χ4n) is 2.47. The Bertz CT molecular complexity index is 667. The van der Waals surface area contributed by atoms with Crippen LogP contribution in [0.1, 0.15) is 11.1 Å². The monoisotopic (exact) mass is 408 g/mol. The molecule has 0 spiro atoms. The van der Waals surface area contributed by atoms with Crippen molar-refractivity contribution in [2.75, 3.05) is 5.32 Å². The van der Waals surface area contributed by atoms with Gasteiger partial charge in [-0.3, -0.25) is 4.79 Å². The summed E-state index contributed by atoms with van der Waals surface area (Å²) in [6, 6.07) is 13.8. The molecule has 21 heavy (non-hydrogen) atoms. The van der Waals surface area contributed by atoms with Gasteiger partial charge in [0.2, 0.25) is 5.91 Å². The summed E-state index contributed by atoms with van der Waals surface area (Å²) in [7, 11) is 0. The predicted octanol–water partition coefficient (Wildman–Crippen LogP) is 3.86. The Kier molecular flexibility index (Phi) is 4.42. The SMILES string of the molecule is O=C(Nc1c(Br)cccc1Br)[C@H]1Cc2ccccc2CN1. The molecule has 3 rings (SSSR count). The van der Waals surface area contributed by atoms with Gasteiger partial charge in [0, 0.05) is 15.5 Å². The van der Waals surface area contributed by atoms with Crippen LogP contribution in [-0.4, -0.2) is 11.9 Å². The van der Waals surface area contributed by atoms with Crippen molar-refractivity contribution >= 4 is 43.5 Å². The van der Waals surface area contributed by atoms with E-state index >= 15 is 0 Å². The van der Waals surface area contributed by atoms with Crippen LogP contribution in [0.4, 0.5) is 5.69 Å². The first kappa shape index (κ1) is 14.8. The summed E-state index contributed by atoms with van der Waals surface area (Å²) in [5.74, 6) is -0.0166. The van der Waals surface area contributed by atoms with Gasteiger partial charge < -0.3 is 10.6 Å². The van der Waals surface area contributed by atoms with E-state index in [2.05, 4.69) is 54.6 Å². The first-order valence-corrected chi connectivity index (χ1v) is 8.29. The smallest absolute Gasteiger partial charge is 0.241 e. The Morgan fingerprint density at radius 2 is 1.71 bits per heavy atom. The van der Waals surface area contributed by atoms with E-state index in [0.29, 0.717) is 6.42 Å². The van der Waals surface area contributed by atoms with Crippen molar-refractivity contribution in [3.05, 3.63) is 62.5 Å². The van der Waals surface area contributed by atoms with Gasteiger partial charge in [0.25, 0.3) is 0 Å². The van der Waals surface area contributed by atoms with E-state index < -0.39 is 0 Å². The third kappa shape index (κ3) is 3.20. The van der Waals surface area contributed by atoms with Crippen LogP contribution in [0.25, 0.3) is 0 Å². The predicted molar refractivity (Wildman–Crippen MR) is 91.2 cm³/mol. The zero-order chi connectivity index (χ0) is 14.8. The highest BCUT2D eigenvalue weighted by Gasteiger charge is 2.24. The molecule has 3 nitrogen and oxygen atoms in total. The molecule has 0 radical (unpaired) electrons. The Hall–Kier alpha value is -1.17. The molecular weight excluding hydrogens is 396 g/mol. The number of amides is 1. The Balaban J connectivity index is 1.76. The van der Waals surface area contributed by atoms with Crippen LogP contribution in [0.15, 0.2) is 51.4 Å². The minimum absolute atomic E-state index is 0.0166. The number of hydrogen-bond acceptors (Lipinski definition) is 2. The van der Waals surface area contributed by atoms with Crippen LogP contribution in [0.2, 0.25) is 0 Å². The number of para-hydroxylation sites is 1. The number of benzene rings is 2. The van der Waals surface area contributed by atoms with E-state index in [0.717, 1.165) is 21.2 Å². The standard InChI is InChI=1S/C16H14Br2N2O/c17-12-6-3-7-13(18)15(12)20-16(21)14-8-10-4-1-2-5-11(10)9-19-14/h1-7,14,19H,8-9H2,(H,20,21)/t14-/m1/s1. The van der Waals surface area contributed by atoms with Gasteiger partial charge in [-0.15, -0.1) is 0 Å². The minimum atomic E-state index is -0.209. The Labute approximate surface area is 140 Å². The average Bonchev–Trinajstić information content (AvgIpc) is 2.50. The molecule has 0 fully saturated rings. The molecule has 2 aromatic carbocycles. The fourth-order valence-corrected chi connectivity index (χ4v) is 3.66. The zero-order valence-corrected chi connectivity index (χ0v) is 14.4. The number of carbonyl (C=O) groups is 1. The number of nitrogens with one attached hydrogen (secondary N) is 2. The molecule has 1 amide bonds. The highest BCUT2D eigenvalue weighted by Crippen LogP contribution is 2.31. The maximum atomic E-state index is 12.5. The summed E-state index contributed by atoms with van der Waals surface area (Å²) in [5.41, 5.74) is 3.27. The maximum absolute atomic E-state index is 12.5. The fraction of sp³-hybridized carbons (Fsp3) is 0.188. The van der Waals surface area contributed by atoms with Gasteiger partial charge in [-0.05, 0) is 61.5 Å². The number of halogens is 2. The van der Waals surface area contributed by atoms with Crippen molar-refractivity contribution in [3.8, 4) is 0 Å². The van der Waals surface area contributed by atoms with Crippen molar-refractivity contribution in [1.29, 1.82) is 0 Å². The zero-order valence-electron chi connectivity index (χ0n) is 11.2. The van der Waals surface area contributed by atoms with Gasteiger partial charge >= 0.3 is 0 Å². The van der Waals surface area contributed by atoms with Crippen LogP contribution >= 0.6 is 31.9 Å². The van der Waals surface area contributed by atoms with Crippen molar-refractivity contribution in [2.45, 2.75) is 19.0 Å². The van der Waals surface area contributed by atoms with Gasteiger partial charge in [0.15, 0.2) is 0 Å². The van der Waals surface area contributed by atoms with Gasteiger partial charge in [-0.2, -0.15) is 0 Å². The quantitative estimate of drug-likeness (QED) is 0.790. The summed E-state index contributed by atoms with van der Waals surface area (Å²) >= 11 is 6.92. The van der Waals surface area contributed by atoms with E-state index in [1.165, 1.54) is 11.1 Å². The summed E-state index contributed by atoms with van der Waals surface area (Å²) in [6.07, 6.45) is 0.712. The normalized spacial score (nSPS) is 17.1. The molecule has 0 saturated heterocycles.